The van der Waals surface area contributed by atoms with Crippen molar-refractivity contribution in [3.63, 3.8) is 0 Å². The van der Waals surface area contributed by atoms with Gasteiger partial charge in [0.05, 0.1) is 0 Å². The van der Waals surface area contributed by atoms with Gasteiger partial charge in [0.2, 0.25) is 5.95 Å². The maximum absolute atomic E-state index is 13.9. The molecule has 0 saturated heterocycles. The average molecular weight is 435 g/mol. The largest absolute Gasteiger partial charge is 0.433 e. The van der Waals surface area contributed by atoms with E-state index in [1.807, 2.05) is 0 Å². The molecule has 6 fully saturated rings. The fourth-order valence-corrected chi connectivity index (χ4v) is 8.12. The monoisotopic (exact) mass is 434 g/mol. The standard InChI is InChI=1S/C24H33F3N4/c25-24(26,27)21-19(12-28-20-9-14-1-2-18(20)8-14)13-29-22(30-21)31-23-4-3-15-5-16(10-23)7-17(6-15)11-23/h13-18,20,28H,1-12H2,(H,29,30,31)/t14-,15?,16?,17?,18+,20+,23?/m0/s1. The van der Waals surface area contributed by atoms with E-state index in [1.54, 1.807) is 0 Å². The highest BCUT2D eigenvalue weighted by Gasteiger charge is 2.48. The summed E-state index contributed by atoms with van der Waals surface area (Å²) in [4.78, 5) is 8.44. The van der Waals surface area contributed by atoms with Crippen LogP contribution in [0.25, 0.3) is 0 Å². The van der Waals surface area contributed by atoms with Crippen LogP contribution in [0, 0.1) is 29.6 Å². The molecule has 6 aliphatic carbocycles. The molecule has 4 nitrogen and oxygen atoms in total. The first kappa shape index (κ1) is 20.3. The number of fused-ring (bicyclic) bond motifs is 3. The fraction of sp³-hybridized carbons (Fsp3) is 0.833. The number of nitrogens with one attached hydrogen (secondary N) is 2. The molecule has 1 aromatic rings. The maximum atomic E-state index is 13.9. The first-order valence-electron chi connectivity index (χ1n) is 12.3. The number of hydrogen-bond acceptors (Lipinski definition) is 4. The first-order chi connectivity index (χ1) is 14.9. The molecule has 0 spiro atoms. The summed E-state index contributed by atoms with van der Waals surface area (Å²) >= 11 is 0. The molecule has 5 atom stereocenters. The number of alkyl halides is 3. The van der Waals surface area contributed by atoms with Crippen LogP contribution in [0.4, 0.5) is 19.1 Å². The lowest BCUT2D eigenvalue weighted by molar-refractivity contribution is -0.141. The van der Waals surface area contributed by atoms with Crippen molar-refractivity contribution >= 4 is 5.95 Å². The molecule has 1 aromatic heterocycles. The molecular weight excluding hydrogens is 401 g/mol. The summed E-state index contributed by atoms with van der Waals surface area (Å²) < 4.78 is 41.7. The van der Waals surface area contributed by atoms with Crippen LogP contribution in [0.15, 0.2) is 6.20 Å². The highest BCUT2D eigenvalue weighted by Crippen LogP contribution is 2.54. The highest BCUT2D eigenvalue weighted by molar-refractivity contribution is 5.35. The van der Waals surface area contributed by atoms with E-state index in [-0.39, 0.29) is 23.6 Å². The van der Waals surface area contributed by atoms with Gasteiger partial charge < -0.3 is 10.6 Å². The van der Waals surface area contributed by atoms with E-state index in [2.05, 4.69) is 20.6 Å². The summed E-state index contributed by atoms with van der Waals surface area (Å²) in [6.07, 6.45) is 9.95. The summed E-state index contributed by atoms with van der Waals surface area (Å²) in [6.45, 7) is 0.194. The van der Waals surface area contributed by atoms with Crippen LogP contribution in [-0.2, 0) is 12.7 Å². The minimum absolute atomic E-state index is 0.120. The van der Waals surface area contributed by atoms with Crippen LogP contribution >= 0.6 is 0 Å². The van der Waals surface area contributed by atoms with E-state index >= 15 is 0 Å². The summed E-state index contributed by atoms with van der Waals surface area (Å²) in [5.74, 6) is 3.77. The average Bonchev–Trinajstić information content (AvgIpc) is 3.28. The molecule has 0 amide bonds. The third kappa shape index (κ3) is 3.85. The molecule has 6 saturated carbocycles. The minimum atomic E-state index is -4.47. The maximum Gasteiger partial charge on any atom is 0.433 e. The van der Waals surface area contributed by atoms with Crippen molar-refractivity contribution < 1.29 is 13.2 Å². The van der Waals surface area contributed by atoms with E-state index < -0.39 is 11.9 Å². The topological polar surface area (TPSA) is 49.8 Å². The van der Waals surface area contributed by atoms with Gasteiger partial charge in [-0.05, 0) is 93.8 Å². The summed E-state index contributed by atoms with van der Waals surface area (Å²) in [6, 6.07) is 0.341. The second kappa shape index (κ2) is 7.32. The van der Waals surface area contributed by atoms with E-state index in [1.165, 1.54) is 51.1 Å². The van der Waals surface area contributed by atoms with Crippen molar-refractivity contribution in [3.05, 3.63) is 17.5 Å². The van der Waals surface area contributed by atoms with Crippen LogP contribution in [0.3, 0.4) is 0 Å². The Hall–Kier alpha value is -1.37. The SMILES string of the molecule is FC(F)(F)c1nc(NC23CCC4CC(CC(C4)C2)C3)ncc1CN[C@@H]1C[C@H]2CC[C@@H]1C2. The zero-order chi connectivity index (χ0) is 21.2. The van der Waals surface area contributed by atoms with Gasteiger partial charge in [0.15, 0.2) is 5.69 Å². The van der Waals surface area contributed by atoms with Crippen LogP contribution in [0.1, 0.15) is 81.9 Å². The third-order valence-electron chi connectivity index (χ3n) is 9.19. The molecule has 1 heterocycles. The highest BCUT2D eigenvalue weighted by atomic mass is 19.4. The summed E-state index contributed by atoms with van der Waals surface area (Å²) in [5.41, 5.74) is -0.727. The predicted molar refractivity (Wildman–Crippen MR) is 112 cm³/mol. The molecule has 0 aromatic carbocycles. The van der Waals surface area contributed by atoms with E-state index in [0.29, 0.717) is 23.8 Å². The lowest BCUT2D eigenvalue weighted by Gasteiger charge is -2.45. The van der Waals surface area contributed by atoms with Crippen LogP contribution in [-0.4, -0.2) is 21.5 Å². The Labute approximate surface area is 182 Å². The minimum Gasteiger partial charge on any atom is -0.349 e. The molecule has 0 radical (unpaired) electrons. The lowest BCUT2D eigenvalue weighted by atomic mass is 9.65. The van der Waals surface area contributed by atoms with Crippen molar-refractivity contribution in [3.8, 4) is 0 Å². The van der Waals surface area contributed by atoms with Crippen molar-refractivity contribution in [1.29, 1.82) is 0 Å². The molecule has 6 bridgehead atoms. The fourth-order valence-electron chi connectivity index (χ4n) is 8.12. The molecule has 170 valence electrons. The molecule has 7 rings (SSSR count). The van der Waals surface area contributed by atoms with E-state index in [4.69, 9.17) is 0 Å². The smallest absolute Gasteiger partial charge is 0.349 e. The van der Waals surface area contributed by atoms with Crippen molar-refractivity contribution in [1.82, 2.24) is 15.3 Å². The Balaban J connectivity index is 1.21. The predicted octanol–water partition coefficient (Wildman–Crippen LogP) is 5.54. The lowest BCUT2D eigenvalue weighted by Crippen LogP contribution is -2.45. The van der Waals surface area contributed by atoms with Gasteiger partial charge in [0.25, 0.3) is 0 Å². The second-order valence-corrected chi connectivity index (χ2v) is 11.4. The van der Waals surface area contributed by atoms with Crippen LogP contribution < -0.4 is 10.6 Å². The van der Waals surface area contributed by atoms with Gasteiger partial charge in [0, 0.05) is 29.9 Å². The van der Waals surface area contributed by atoms with Crippen LogP contribution in [0.5, 0.6) is 0 Å². The van der Waals surface area contributed by atoms with Crippen molar-refractivity contribution in [2.24, 2.45) is 29.6 Å². The first-order valence-corrected chi connectivity index (χ1v) is 12.3. The normalized spacial score (nSPS) is 41.0. The number of hydrogen-bond donors (Lipinski definition) is 2. The van der Waals surface area contributed by atoms with Gasteiger partial charge >= 0.3 is 6.18 Å². The summed E-state index contributed by atoms with van der Waals surface area (Å²) in [5, 5.41) is 6.83. The Bertz CT molecular complexity index is 827. The second-order valence-electron chi connectivity index (χ2n) is 11.4. The van der Waals surface area contributed by atoms with Crippen LogP contribution in [0.2, 0.25) is 0 Å². The van der Waals surface area contributed by atoms with Gasteiger partial charge in [-0.1, -0.05) is 6.42 Å². The quantitative estimate of drug-likeness (QED) is 0.638. The molecule has 7 heteroatoms. The number of nitrogens with zero attached hydrogens (tertiary/aromatic N) is 2. The molecular formula is C24H33F3N4. The third-order valence-corrected chi connectivity index (χ3v) is 9.19. The molecule has 2 unspecified atom stereocenters. The molecule has 31 heavy (non-hydrogen) atoms. The molecule has 6 aliphatic rings. The van der Waals surface area contributed by atoms with Gasteiger partial charge in [-0.3, -0.25) is 0 Å². The number of halogens is 3. The zero-order valence-corrected chi connectivity index (χ0v) is 18.1. The van der Waals surface area contributed by atoms with E-state index in [0.717, 1.165) is 37.5 Å². The Morgan fingerprint density at radius 3 is 2.35 bits per heavy atom. The van der Waals surface area contributed by atoms with Gasteiger partial charge in [0.1, 0.15) is 0 Å². The summed E-state index contributed by atoms with van der Waals surface area (Å²) in [7, 11) is 0. The Kier molecular flexibility index (Phi) is 4.78. The van der Waals surface area contributed by atoms with Gasteiger partial charge in [-0.25, -0.2) is 9.97 Å². The Morgan fingerprint density at radius 1 is 0.935 bits per heavy atom. The number of aromatic nitrogens is 2. The zero-order valence-electron chi connectivity index (χ0n) is 18.1. The number of anilines is 1. The Morgan fingerprint density at radius 2 is 1.68 bits per heavy atom. The van der Waals surface area contributed by atoms with Gasteiger partial charge in [-0.15, -0.1) is 0 Å². The molecule has 2 N–H and O–H groups in total. The van der Waals surface area contributed by atoms with Crippen molar-refractivity contribution in [2.45, 2.75) is 94.9 Å². The van der Waals surface area contributed by atoms with E-state index in [9.17, 15) is 13.2 Å². The number of rotatable bonds is 5. The van der Waals surface area contributed by atoms with Crippen molar-refractivity contribution in [2.75, 3.05) is 5.32 Å². The molecule has 0 aliphatic heterocycles. The van der Waals surface area contributed by atoms with Gasteiger partial charge in [-0.2, -0.15) is 13.2 Å².